The van der Waals surface area contributed by atoms with Gasteiger partial charge in [0.15, 0.2) is 0 Å². The Morgan fingerprint density at radius 3 is 2.82 bits per heavy atom. The standard InChI is InChI=1S/C8H16N2O/c1-7(4-9)5-11-6-8(2)10-3/h4-5,8-10H,6H2,1-3H3/b7-5+,9-4?/t8-/m1/s1. The first kappa shape index (κ1) is 10.2. The van der Waals surface area contributed by atoms with Crippen LogP contribution >= 0.6 is 0 Å². The van der Waals surface area contributed by atoms with Crippen LogP contribution in [0.4, 0.5) is 0 Å². The highest BCUT2D eigenvalue weighted by atomic mass is 16.5. The van der Waals surface area contributed by atoms with Gasteiger partial charge in [0.1, 0.15) is 6.61 Å². The van der Waals surface area contributed by atoms with Crippen LogP contribution in [0.15, 0.2) is 11.8 Å². The van der Waals surface area contributed by atoms with E-state index in [4.69, 9.17) is 10.1 Å². The Morgan fingerprint density at radius 2 is 2.36 bits per heavy atom. The average molecular weight is 156 g/mol. The smallest absolute Gasteiger partial charge is 0.102 e. The van der Waals surface area contributed by atoms with Crippen molar-refractivity contribution < 1.29 is 4.74 Å². The van der Waals surface area contributed by atoms with Gasteiger partial charge in [0.05, 0.1) is 6.26 Å². The molecule has 11 heavy (non-hydrogen) atoms. The summed E-state index contributed by atoms with van der Waals surface area (Å²) in [6, 6.07) is 0.352. The van der Waals surface area contributed by atoms with E-state index in [2.05, 4.69) is 5.32 Å². The van der Waals surface area contributed by atoms with Crippen molar-refractivity contribution in [1.82, 2.24) is 5.32 Å². The van der Waals surface area contributed by atoms with E-state index in [0.29, 0.717) is 12.6 Å². The van der Waals surface area contributed by atoms with Crippen molar-refractivity contribution in [3.63, 3.8) is 0 Å². The third-order valence-electron chi connectivity index (χ3n) is 1.34. The highest BCUT2D eigenvalue weighted by molar-refractivity contribution is 5.74. The highest BCUT2D eigenvalue weighted by Crippen LogP contribution is 1.89. The van der Waals surface area contributed by atoms with Gasteiger partial charge in [0.2, 0.25) is 0 Å². The normalized spacial score (nSPS) is 14.3. The van der Waals surface area contributed by atoms with E-state index in [0.717, 1.165) is 5.57 Å². The molecule has 0 aromatic carbocycles. The summed E-state index contributed by atoms with van der Waals surface area (Å²) >= 11 is 0. The first-order valence-corrected chi connectivity index (χ1v) is 3.66. The van der Waals surface area contributed by atoms with E-state index in [9.17, 15) is 0 Å². The maximum Gasteiger partial charge on any atom is 0.102 e. The van der Waals surface area contributed by atoms with Crippen LogP contribution in [0.2, 0.25) is 0 Å². The van der Waals surface area contributed by atoms with Crippen LogP contribution in [0.1, 0.15) is 13.8 Å². The molecule has 0 unspecified atom stereocenters. The largest absolute Gasteiger partial charge is 0.499 e. The van der Waals surface area contributed by atoms with Gasteiger partial charge < -0.3 is 15.5 Å². The quantitative estimate of drug-likeness (QED) is 0.463. The number of allylic oxidation sites excluding steroid dienone is 1. The van der Waals surface area contributed by atoms with E-state index in [1.54, 1.807) is 6.26 Å². The Balaban J connectivity index is 3.47. The van der Waals surface area contributed by atoms with Gasteiger partial charge in [-0.25, -0.2) is 0 Å². The van der Waals surface area contributed by atoms with Crippen molar-refractivity contribution in [2.45, 2.75) is 19.9 Å². The van der Waals surface area contributed by atoms with Gasteiger partial charge in [-0.3, -0.25) is 0 Å². The molecule has 1 atom stereocenters. The monoisotopic (exact) mass is 156 g/mol. The number of ether oxygens (including phenoxy) is 1. The molecule has 0 fully saturated rings. The Morgan fingerprint density at radius 1 is 1.73 bits per heavy atom. The van der Waals surface area contributed by atoms with Crippen molar-refractivity contribution in [2.75, 3.05) is 13.7 Å². The third-order valence-corrected chi connectivity index (χ3v) is 1.34. The molecule has 3 heteroatoms. The number of nitrogens with one attached hydrogen (secondary N) is 2. The van der Waals surface area contributed by atoms with Crippen LogP contribution in [-0.4, -0.2) is 25.9 Å². The molecule has 0 aliphatic carbocycles. The Hall–Kier alpha value is -0.830. The molecule has 0 spiro atoms. The molecule has 0 aromatic heterocycles. The fourth-order valence-corrected chi connectivity index (χ4v) is 0.441. The fraction of sp³-hybridized carbons (Fsp3) is 0.625. The lowest BCUT2D eigenvalue weighted by Gasteiger charge is -2.08. The van der Waals surface area contributed by atoms with Gasteiger partial charge in [-0.05, 0) is 20.9 Å². The lowest BCUT2D eigenvalue weighted by molar-refractivity contribution is 0.219. The number of hydrogen-bond donors (Lipinski definition) is 2. The van der Waals surface area contributed by atoms with E-state index in [-0.39, 0.29) is 0 Å². The van der Waals surface area contributed by atoms with Gasteiger partial charge >= 0.3 is 0 Å². The number of hydrogen-bond acceptors (Lipinski definition) is 3. The first-order valence-electron chi connectivity index (χ1n) is 3.66. The molecule has 0 aliphatic heterocycles. The van der Waals surface area contributed by atoms with Crippen LogP contribution in [0.25, 0.3) is 0 Å². The topological polar surface area (TPSA) is 45.1 Å². The van der Waals surface area contributed by atoms with Gasteiger partial charge in [0, 0.05) is 17.8 Å². The summed E-state index contributed by atoms with van der Waals surface area (Å²) in [5.74, 6) is 0. The Labute approximate surface area is 68.0 Å². The molecule has 0 rings (SSSR count). The maximum absolute atomic E-state index is 6.85. The molecular formula is C8H16N2O. The van der Waals surface area contributed by atoms with Crippen LogP contribution in [0.5, 0.6) is 0 Å². The fourth-order valence-electron chi connectivity index (χ4n) is 0.441. The van der Waals surface area contributed by atoms with Gasteiger partial charge in [0.25, 0.3) is 0 Å². The second kappa shape index (κ2) is 5.92. The molecule has 0 bridgehead atoms. The summed E-state index contributed by atoms with van der Waals surface area (Å²) in [4.78, 5) is 0. The maximum atomic E-state index is 6.85. The molecule has 3 nitrogen and oxygen atoms in total. The van der Waals surface area contributed by atoms with Gasteiger partial charge in [-0.1, -0.05) is 0 Å². The highest BCUT2D eigenvalue weighted by Gasteiger charge is 1.94. The minimum atomic E-state index is 0.352. The summed E-state index contributed by atoms with van der Waals surface area (Å²) in [6.07, 6.45) is 2.87. The summed E-state index contributed by atoms with van der Waals surface area (Å²) < 4.78 is 5.16. The van der Waals surface area contributed by atoms with E-state index in [1.807, 2.05) is 20.9 Å². The lowest BCUT2D eigenvalue weighted by Crippen LogP contribution is -2.25. The molecule has 0 saturated heterocycles. The molecule has 0 aliphatic rings. The molecule has 0 heterocycles. The van der Waals surface area contributed by atoms with Crippen LogP contribution in [0, 0.1) is 5.41 Å². The zero-order chi connectivity index (χ0) is 8.69. The van der Waals surface area contributed by atoms with E-state index >= 15 is 0 Å². The Kier molecular flexibility index (Phi) is 5.47. The minimum absolute atomic E-state index is 0.352. The summed E-state index contributed by atoms with van der Waals surface area (Å²) in [6.45, 7) is 4.51. The molecule has 0 saturated carbocycles. The van der Waals surface area contributed by atoms with Crippen LogP contribution in [0.3, 0.4) is 0 Å². The average Bonchev–Trinajstić information content (AvgIpc) is 2.04. The summed E-state index contributed by atoms with van der Waals surface area (Å²) in [5, 5.41) is 9.90. The van der Waals surface area contributed by atoms with Crippen molar-refractivity contribution in [3.05, 3.63) is 11.8 Å². The van der Waals surface area contributed by atoms with Crippen molar-refractivity contribution in [3.8, 4) is 0 Å². The first-order chi connectivity index (χ1) is 5.20. The minimum Gasteiger partial charge on any atom is -0.499 e. The molecule has 0 aromatic rings. The summed E-state index contributed by atoms with van der Waals surface area (Å²) in [5.41, 5.74) is 0.827. The molecular weight excluding hydrogens is 140 g/mol. The summed E-state index contributed by atoms with van der Waals surface area (Å²) in [7, 11) is 1.89. The van der Waals surface area contributed by atoms with Gasteiger partial charge in [-0.2, -0.15) is 0 Å². The van der Waals surface area contributed by atoms with E-state index < -0.39 is 0 Å². The molecule has 64 valence electrons. The molecule has 2 N–H and O–H groups in total. The molecule has 0 radical (unpaired) electrons. The Bertz CT molecular complexity index is 143. The SMILES string of the molecule is CN[C@H](C)CO/C=C(\C)C=N. The van der Waals surface area contributed by atoms with E-state index in [1.165, 1.54) is 6.21 Å². The second-order valence-electron chi connectivity index (χ2n) is 2.53. The van der Waals surface area contributed by atoms with Crippen molar-refractivity contribution >= 4 is 6.21 Å². The second-order valence-corrected chi connectivity index (χ2v) is 2.53. The van der Waals surface area contributed by atoms with Gasteiger partial charge in [-0.15, -0.1) is 0 Å². The predicted molar refractivity (Wildman–Crippen MR) is 47.0 cm³/mol. The van der Waals surface area contributed by atoms with Crippen LogP contribution < -0.4 is 5.32 Å². The lowest BCUT2D eigenvalue weighted by atomic mass is 10.3. The predicted octanol–water partition coefficient (Wildman–Crippen LogP) is 1.16. The zero-order valence-electron chi connectivity index (χ0n) is 7.35. The molecule has 0 amide bonds. The number of rotatable bonds is 5. The van der Waals surface area contributed by atoms with Crippen molar-refractivity contribution in [1.29, 1.82) is 5.41 Å². The number of likely N-dealkylation sites (N-methyl/N-ethyl adjacent to an activating group) is 1. The zero-order valence-corrected chi connectivity index (χ0v) is 7.35. The third kappa shape index (κ3) is 5.61. The van der Waals surface area contributed by atoms with Crippen LogP contribution in [-0.2, 0) is 4.74 Å². The van der Waals surface area contributed by atoms with Crippen molar-refractivity contribution in [2.24, 2.45) is 0 Å².